The van der Waals surface area contributed by atoms with E-state index in [2.05, 4.69) is 49.9 Å². The minimum Gasteiger partial charge on any atom is -0.321 e. The Morgan fingerprint density at radius 1 is 1.08 bits per heavy atom. The van der Waals surface area contributed by atoms with Crippen molar-refractivity contribution in [2.45, 2.75) is 20.4 Å². The molecule has 25 heavy (non-hydrogen) atoms. The van der Waals surface area contributed by atoms with Crippen molar-refractivity contribution in [2.24, 2.45) is 4.99 Å². The van der Waals surface area contributed by atoms with Crippen LogP contribution in [0.5, 0.6) is 0 Å². The minimum absolute atomic E-state index is 0.657. The molecule has 4 aromatic rings. The molecular formula is C19H17N5S. The number of aryl methyl sites for hydroxylation is 2. The summed E-state index contributed by atoms with van der Waals surface area (Å²) in [6.45, 7) is 4.74. The molecule has 0 spiro atoms. The molecule has 0 saturated carbocycles. The van der Waals surface area contributed by atoms with Gasteiger partial charge in [-0.3, -0.25) is 0 Å². The highest BCUT2D eigenvalue weighted by atomic mass is 32.1. The Balaban J connectivity index is 1.56. The van der Waals surface area contributed by atoms with Crippen molar-refractivity contribution in [3.63, 3.8) is 0 Å². The number of hydrogen-bond acceptors (Lipinski definition) is 5. The molecule has 0 aliphatic heterocycles. The van der Waals surface area contributed by atoms with Crippen molar-refractivity contribution in [2.75, 3.05) is 0 Å². The van der Waals surface area contributed by atoms with E-state index in [0.717, 1.165) is 27.4 Å². The average Bonchev–Trinajstić information content (AvgIpc) is 3.18. The van der Waals surface area contributed by atoms with Gasteiger partial charge in [0.2, 0.25) is 5.13 Å². The van der Waals surface area contributed by atoms with Crippen LogP contribution in [0.25, 0.3) is 11.0 Å². The number of fused-ring (bicyclic) bond motifs is 1. The van der Waals surface area contributed by atoms with E-state index in [1.54, 1.807) is 0 Å². The Hall–Kier alpha value is -2.86. The lowest BCUT2D eigenvalue weighted by atomic mass is 10.2. The normalized spacial score (nSPS) is 11.6. The van der Waals surface area contributed by atoms with Crippen molar-refractivity contribution >= 4 is 33.7 Å². The van der Waals surface area contributed by atoms with Crippen LogP contribution in [0.3, 0.4) is 0 Å². The first-order valence-corrected chi connectivity index (χ1v) is 8.86. The molecule has 2 aromatic heterocycles. The van der Waals surface area contributed by atoms with Crippen molar-refractivity contribution in [1.82, 2.24) is 19.7 Å². The maximum Gasteiger partial charge on any atom is 0.231 e. The van der Waals surface area contributed by atoms with Crippen LogP contribution < -0.4 is 0 Å². The fourth-order valence-corrected chi connectivity index (χ4v) is 3.44. The second-order valence-corrected chi connectivity index (χ2v) is 6.93. The average molecular weight is 347 g/mol. The first-order chi connectivity index (χ1) is 12.2. The van der Waals surface area contributed by atoms with Gasteiger partial charge in [0.05, 0.1) is 17.6 Å². The molecule has 0 saturated heterocycles. The van der Waals surface area contributed by atoms with E-state index in [0.29, 0.717) is 11.7 Å². The van der Waals surface area contributed by atoms with Gasteiger partial charge >= 0.3 is 0 Å². The molecular weight excluding hydrogens is 330 g/mol. The van der Waals surface area contributed by atoms with Gasteiger partial charge in [-0.05, 0) is 31.5 Å². The maximum atomic E-state index is 4.59. The van der Waals surface area contributed by atoms with Gasteiger partial charge in [0, 0.05) is 6.21 Å². The molecule has 0 atom stereocenters. The summed E-state index contributed by atoms with van der Waals surface area (Å²) < 4.78 is 2.16. The largest absolute Gasteiger partial charge is 0.321 e. The van der Waals surface area contributed by atoms with E-state index in [-0.39, 0.29) is 0 Å². The van der Waals surface area contributed by atoms with Crippen LogP contribution in [-0.2, 0) is 6.54 Å². The van der Waals surface area contributed by atoms with Crippen molar-refractivity contribution < 1.29 is 0 Å². The van der Waals surface area contributed by atoms with Crippen molar-refractivity contribution in [3.8, 4) is 0 Å². The van der Waals surface area contributed by atoms with Gasteiger partial charge in [-0.15, -0.1) is 10.2 Å². The van der Waals surface area contributed by atoms with Crippen molar-refractivity contribution in [1.29, 1.82) is 0 Å². The van der Waals surface area contributed by atoms with Gasteiger partial charge in [-0.25, -0.2) is 9.98 Å². The van der Waals surface area contributed by atoms with E-state index in [9.17, 15) is 0 Å². The quantitative estimate of drug-likeness (QED) is 0.517. The highest BCUT2D eigenvalue weighted by Gasteiger charge is 2.10. The summed E-state index contributed by atoms with van der Waals surface area (Å²) in [5, 5.41) is 10.0. The molecule has 124 valence electrons. The maximum absolute atomic E-state index is 4.59. The number of rotatable bonds is 4. The highest BCUT2D eigenvalue weighted by Crippen LogP contribution is 2.22. The lowest BCUT2D eigenvalue weighted by Crippen LogP contribution is -2.01. The smallest absolute Gasteiger partial charge is 0.231 e. The standard InChI is InChI=1S/C19H17N5S/c1-13-6-5-7-15(10-13)11-20-19-23-22-18(25-19)12-24-14(2)21-16-8-3-4-9-17(16)24/h3-11H,12H2,1-2H3/b20-11+. The number of nitrogens with zero attached hydrogens (tertiary/aromatic N) is 5. The Kier molecular flexibility index (Phi) is 4.11. The van der Waals surface area contributed by atoms with Crippen LogP contribution in [0.4, 0.5) is 5.13 Å². The summed E-state index contributed by atoms with van der Waals surface area (Å²) in [6, 6.07) is 16.3. The zero-order chi connectivity index (χ0) is 17.2. The molecule has 0 radical (unpaired) electrons. The Morgan fingerprint density at radius 3 is 2.84 bits per heavy atom. The van der Waals surface area contributed by atoms with Gasteiger partial charge in [0.1, 0.15) is 10.8 Å². The predicted molar refractivity (Wildman–Crippen MR) is 102 cm³/mol. The van der Waals surface area contributed by atoms with Crippen LogP contribution in [0.2, 0.25) is 0 Å². The topological polar surface area (TPSA) is 56.0 Å². The zero-order valence-corrected chi connectivity index (χ0v) is 14.9. The number of benzene rings is 2. The molecule has 4 rings (SSSR count). The van der Waals surface area contributed by atoms with Crippen LogP contribution in [0, 0.1) is 13.8 Å². The molecule has 0 amide bonds. The van der Waals surface area contributed by atoms with E-state index in [4.69, 9.17) is 0 Å². The molecule has 0 bridgehead atoms. The van der Waals surface area contributed by atoms with E-state index >= 15 is 0 Å². The summed E-state index contributed by atoms with van der Waals surface area (Å²) in [6.07, 6.45) is 1.83. The molecule has 0 fully saturated rings. The van der Waals surface area contributed by atoms with Gasteiger partial charge < -0.3 is 4.57 Å². The molecule has 2 aromatic carbocycles. The third-order valence-electron chi connectivity index (χ3n) is 3.96. The molecule has 2 heterocycles. The van der Waals surface area contributed by atoms with Gasteiger partial charge in [0.25, 0.3) is 0 Å². The van der Waals surface area contributed by atoms with E-state index in [1.165, 1.54) is 16.9 Å². The molecule has 0 N–H and O–H groups in total. The predicted octanol–water partition coefficient (Wildman–Crippen LogP) is 4.30. The molecule has 0 unspecified atom stereocenters. The fourth-order valence-electron chi connectivity index (χ4n) is 2.77. The van der Waals surface area contributed by atoms with Gasteiger partial charge in [-0.2, -0.15) is 0 Å². The van der Waals surface area contributed by atoms with Crippen LogP contribution >= 0.6 is 11.3 Å². The monoisotopic (exact) mass is 347 g/mol. The number of aliphatic imine (C=N–C) groups is 1. The van der Waals surface area contributed by atoms with Gasteiger partial charge in [-0.1, -0.05) is 53.3 Å². The fraction of sp³-hybridized carbons (Fsp3) is 0.158. The van der Waals surface area contributed by atoms with Crippen LogP contribution in [0.1, 0.15) is 22.0 Å². The molecule has 0 aliphatic carbocycles. The Labute approximate surface area is 149 Å². The number of imidazole rings is 1. The molecule has 6 heteroatoms. The summed E-state index contributed by atoms with van der Waals surface area (Å²) in [5.74, 6) is 0.973. The number of para-hydroxylation sites is 2. The molecule has 5 nitrogen and oxygen atoms in total. The summed E-state index contributed by atoms with van der Waals surface area (Å²) in [5.41, 5.74) is 4.39. The highest BCUT2D eigenvalue weighted by molar-refractivity contribution is 7.14. The second-order valence-electron chi connectivity index (χ2n) is 5.88. The summed E-state index contributed by atoms with van der Waals surface area (Å²) >= 11 is 1.50. The number of hydrogen-bond donors (Lipinski definition) is 0. The van der Waals surface area contributed by atoms with Crippen LogP contribution in [0.15, 0.2) is 53.5 Å². The third-order valence-corrected chi connectivity index (χ3v) is 4.78. The minimum atomic E-state index is 0.657. The van der Waals surface area contributed by atoms with Crippen molar-refractivity contribution in [3.05, 3.63) is 70.5 Å². The Morgan fingerprint density at radius 2 is 1.96 bits per heavy atom. The first kappa shape index (κ1) is 15.7. The zero-order valence-electron chi connectivity index (χ0n) is 14.0. The van der Waals surface area contributed by atoms with Gasteiger partial charge in [0.15, 0.2) is 0 Å². The lowest BCUT2D eigenvalue weighted by molar-refractivity contribution is 0.768. The first-order valence-electron chi connectivity index (χ1n) is 8.04. The summed E-state index contributed by atoms with van der Waals surface area (Å²) in [4.78, 5) is 9.04. The van der Waals surface area contributed by atoms with E-state index < -0.39 is 0 Å². The third kappa shape index (κ3) is 3.34. The second kappa shape index (κ2) is 6.57. The summed E-state index contributed by atoms with van der Waals surface area (Å²) in [7, 11) is 0. The van der Waals surface area contributed by atoms with E-state index in [1.807, 2.05) is 43.5 Å². The molecule has 0 aliphatic rings. The number of aromatic nitrogens is 4. The Bertz CT molecular complexity index is 1060. The SMILES string of the molecule is Cc1cccc(/C=N/c2nnc(Cn3c(C)nc4ccccc43)s2)c1. The lowest BCUT2D eigenvalue weighted by Gasteiger charge is -2.02. The van der Waals surface area contributed by atoms with Crippen LogP contribution in [-0.4, -0.2) is 26.0 Å².